The van der Waals surface area contributed by atoms with Crippen molar-refractivity contribution in [2.45, 2.75) is 24.9 Å². The topological polar surface area (TPSA) is 139 Å². The first-order chi connectivity index (χ1) is 15.3. The van der Waals surface area contributed by atoms with E-state index in [9.17, 15) is 36.3 Å². The molecule has 0 atom stereocenters. The molecule has 33 heavy (non-hydrogen) atoms. The van der Waals surface area contributed by atoms with Gasteiger partial charge in [-0.15, -0.1) is 0 Å². The van der Waals surface area contributed by atoms with Crippen molar-refractivity contribution in [2.75, 3.05) is 10.0 Å². The Morgan fingerprint density at radius 3 is 2.33 bits per heavy atom. The van der Waals surface area contributed by atoms with E-state index in [4.69, 9.17) is 4.52 Å². The van der Waals surface area contributed by atoms with Gasteiger partial charge in [-0.05, 0) is 49.7 Å². The van der Waals surface area contributed by atoms with Crippen LogP contribution in [0.15, 0.2) is 52.0 Å². The van der Waals surface area contributed by atoms with E-state index in [1.165, 1.54) is 19.9 Å². The Kier molecular flexibility index (Phi) is 6.18. The van der Waals surface area contributed by atoms with Gasteiger partial charge in [0.05, 0.1) is 27.9 Å². The summed E-state index contributed by atoms with van der Waals surface area (Å²) < 4.78 is 72.9. The van der Waals surface area contributed by atoms with E-state index in [-0.39, 0.29) is 28.1 Å². The average molecular weight is 483 g/mol. The molecule has 1 heterocycles. The van der Waals surface area contributed by atoms with Crippen molar-refractivity contribution >= 4 is 33.3 Å². The van der Waals surface area contributed by atoms with E-state index in [1.807, 2.05) is 4.72 Å². The smallest absolute Gasteiger partial charge is 0.418 e. The Morgan fingerprint density at radius 1 is 1.06 bits per heavy atom. The van der Waals surface area contributed by atoms with Crippen LogP contribution >= 0.6 is 0 Å². The molecule has 174 valence electrons. The van der Waals surface area contributed by atoms with Crippen LogP contribution in [0.5, 0.6) is 0 Å². The van der Waals surface area contributed by atoms with Crippen LogP contribution < -0.4 is 10.0 Å². The SMILES string of the molecule is Cc1ccc(S(=O)(=O)Nc2ccc(NC(=O)c3cnoc3C)cc2C(F)(F)F)cc1C(=O)O. The first-order valence-corrected chi connectivity index (χ1v) is 10.6. The largest absolute Gasteiger partial charge is 0.478 e. The highest BCUT2D eigenvalue weighted by atomic mass is 32.2. The van der Waals surface area contributed by atoms with Crippen LogP contribution in [0.1, 0.15) is 37.6 Å². The average Bonchev–Trinajstić information content (AvgIpc) is 3.14. The molecule has 0 unspecified atom stereocenters. The monoisotopic (exact) mass is 483 g/mol. The molecular weight excluding hydrogens is 467 g/mol. The summed E-state index contributed by atoms with van der Waals surface area (Å²) in [5, 5.41) is 14.9. The number of aromatic carboxylic acids is 1. The van der Waals surface area contributed by atoms with Gasteiger partial charge in [0.15, 0.2) is 0 Å². The number of aryl methyl sites for hydroxylation is 2. The Labute approximate surface area is 185 Å². The Bertz CT molecular complexity index is 1350. The molecule has 0 spiro atoms. The predicted molar refractivity (Wildman–Crippen MR) is 110 cm³/mol. The molecule has 0 radical (unpaired) electrons. The van der Waals surface area contributed by atoms with Crippen LogP contribution in [0.4, 0.5) is 24.5 Å². The number of anilines is 2. The molecule has 1 aromatic heterocycles. The van der Waals surface area contributed by atoms with Crippen LogP contribution in [0.3, 0.4) is 0 Å². The van der Waals surface area contributed by atoms with E-state index < -0.39 is 44.2 Å². The van der Waals surface area contributed by atoms with E-state index in [1.54, 1.807) is 0 Å². The lowest BCUT2D eigenvalue weighted by Crippen LogP contribution is -2.19. The summed E-state index contributed by atoms with van der Waals surface area (Å²) in [6, 6.07) is 5.63. The van der Waals surface area contributed by atoms with Crippen LogP contribution in [0, 0.1) is 13.8 Å². The zero-order valence-corrected chi connectivity index (χ0v) is 17.8. The number of hydrogen-bond donors (Lipinski definition) is 3. The van der Waals surface area contributed by atoms with Crippen molar-refractivity contribution in [3.8, 4) is 0 Å². The summed E-state index contributed by atoms with van der Waals surface area (Å²) in [6.45, 7) is 2.89. The zero-order chi connectivity index (χ0) is 24.6. The van der Waals surface area contributed by atoms with Gasteiger partial charge in [-0.1, -0.05) is 11.2 Å². The van der Waals surface area contributed by atoms with E-state index in [0.717, 1.165) is 30.5 Å². The lowest BCUT2D eigenvalue weighted by molar-refractivity contribution is -0.136. The normalized spacial score (nSPS) is 11.8. The number of carboxylic acid groups (broad SMARTS) is 1. The number of carbonyl (C=O) groups is 2. The van der Waals surface area contributed by atoms with Crippen molar-refractivity contribution in [2.24, 2.45) is 0 Å². The van der Waals surface area contributed by atoms with E-state index in [0.29, 0.717) is 6.07 Å². The fraction of sp³-hybridized carbons (Fsp3) is 0.150. The third-order valence-electron chi connectivity index (χ3n) is 4.57. The standard InChI is InChI=1S/C20H16F3N3O6S/c1-10-3-5-13(8-14(10)19(28)29)33(30,31)26-17-6-4-12(7-16(17)20(21,22)23)25-18(27)15-9-24-32-11(15)2/h3-9,26H,1-2H3,(H,25,27)(H,28,29). The number of hydrogen-bond acceptors (Lipinski definition) is 6. The number of benzene rings is 2. The number of halogens is 3. The summed E-state index contributed by atoms with van der Waals surface area (Å²) in [4.78, 5) is 23.0. The summed E-state index contributed by atoms with van der Waals surface area (Å²) >= 11 is 0. The molecule has 2 aromatic carbocycles. The van der Waals surface area contributed by atoms with Crippen LogP contribution in [-0.2, 0) is 16.2 Å². The molecule has 0 fully saturated rings. The van der Waals surface area contributed by atoms with Crippen LogP contribution in [-0.4, -0.2) is 30.6 Å². The predicted octanol–water partition coefficient (Wildman–Crippen LogP) is 4.06. The Balaban J connectivity index is 1.96. The third kappa shape index (κ3) is 5.14. The van der Waals surface area contributed by atoms with Gasteiger partial charge in [0.25, 0.3) is 15.9 Å². The summed E-state index contributed by atoms with van der Waals surface area (Å²) in [6.07, 6.45) is -3.88. The number of aromatic nitrogens is 1. The second-order valence-electron chi connectivity index (χ2n) is 6.90. The molecule has 0 aliphatic rings. The number of sulfonamides is 1. The fourth-order valence-electron chi connectivity index (χ4n) is 2.86. The van der Waals surface area contributed by atoms with Gasteiger partial charge in [0.1, 0.15) is 11.3 Å². The molecular formula is C20H16F3N3O6S. The van der Waals surface area contributed by atoms with Gasteiger partial charge >= 0.3 is 12.1 Å². The van der Waals surface area contributed by atoms with Crippen molar-refractivity contribution in [1.29, 1.82) is 0 Å². The maximum Gasteiger partial charge on any atom is 0.418 e. The maximum atomic E-state index is 13.7. The van der Waals surface area contributed by atoms with Gasteiger partial charge in [-0.3, -0.25) is 9.52 Å². The number of amides is 1. The molecule has 9 nitrogen and oxygen atoms in total. The molecule has 0 aliphatic carbocycles. The molecule has 0 bridgehead atoms. The second-order valence-corrected chi connectivity index (χ2v) is 8.58. The number of carbonyl (C=O) groups excluding carboxylic acids is 1. The van der Waals surface area contributed by atoms with Crippen molar-refractivity contribution in [3.05, 3.63) is 70.6 Å². The van der Waals surface area contributed by atoms with Crippen LogP contribution in [0.25, 0.3) is 0 Å². The number of alkyl halides is 3. The van der Waals surface area contributed by atoms with Gasteiger partial charge in [-0.25, -0.2) is 13.2 Å². The third-order valence-corrected chi connectivity index (χ3v) is 5.94. The minimum absolute atomic E-state index is 0.0157. The first kappa shape index (κ1) is 23.8. The van der Waals surface area contributed by atoms with E-state index >= 15 is 0 Å². The molecule has 3 N–H and O–H groups in total. The lowest BCUT2D eigenvalue weighted by Gasteiger charge is -2.17. The quantitative estimate of drug-likeness (QED) is 0.481. The molecule has 3 rings (SSSR count). The molecule has 13 heteroatoms. The fourth-order valence-corrected chi connectivity index (χ4v) is 3.97. The minimum Gasteiger partial charge on any atom is -0.478 e. The first-order valence-electron chi connectivity index (χ1n) is 9.10. The number of carboxylic acids is 1. The molecule has 1 amide bonds. The molecule has 3 aromatic rings. The second kappa shape index (κ2) is 8.58. The Morgan fingerprint density at radius 2 is 1.76 bits per heavy atom. The summed E-state index contributed by atoms with van der Waals surface area (Å²) in [5.74, 6) is -1.99. The highest BCUT2D eigenvalue weighted by Gasteiger charge is 2.35. The van der Waals surface area contributed by atoms with Crippen molar-refractivity contribution < 1.29 is 40.8 Å². The summed E-state index contributed by atoms with van der Waals surface area (Å²) in [7, 11) is -4.57. The van der Waals surface area contributed by atoms with Gasteiger partial charge in [0.2, 0.25) is 0 Å². The van der Waals surface area contributed by atoms with Crippen molar-refractivity contribution in [3.63, 3.8) is 0 Å². The number of nitrogens with zero attached hydrogens (tertiary/aromatic N) is 1. The maximum absolute atomic E-state index is 13.7. The molecule has 0 aliphatic heterocycles. The van der Waals surface area contributed by atoms with E-state index in [2.05, 4.69) is 10.5 Å². The van der Waals surface area contributed by atoms with Crippen LogP contribution in [0.2, 0.25) is 0 Å². The lowest BCUT2D eigenvalue weighted by atomic mass is 10.1. The minimum atomic E-state index is -4.98. The van der Waals surface area contributed by atoms with Crippen molar-refractivity contribution in [1.82, 2.24) is 5.16 Å². The zero-order valence-electron chi connectivity index (χ0n) is 17.0. The Hall–Kier alpha value is -3.87. The molecule has 0 saturated carbocycles. The highest BCUT2D eigenvalue weighted by molar-refractivity contribution is 7.92. The van der Waals surface area contributed by atoms with Gasteiger partial charge in [-0.2, -0.15) is 13.2 Å². The van der Waals surface area contributed by atoms with Gasteiger partial charge < -0.3 is 14.9 Å². The van der Waals surface area contributed by atoms with Gasteiger partial charge in [0, 0.05) is 5.69 Å². The number of rotatable bonds is 6. The molecule has 0 saturated heterocycles. The number of nitrogens with one attached hydrogen (secondary N) is 2. The summed E-state index contributed by atoms with van der Waals surface area (Å²) in [5.41, 5.74) is -2.44. The highest BCUT2D eigenvalue weighted by Crippen LogP contribution is 2.37.